The predicted molar refractivity (Wildman–Crippen MR) is 108 cm³/mol. The van der Waals surface area contributed by atoms with Gasteiger partial charge in [0.15, 0.2) is 0 Å². The minimum Gasteiger partial charge on any atom is -0.491 e. The lowest BCUT2D eigenvalue weighted by Crippen LogP contribution is -2.36. The van der Waals surface area contributed by atoms with Crippen molar-refractivity contribution >= 4 is 10.9 Å². The molecule has 0 radical (unpaired) electrons. The number of likely N-dealkylation sites (N-methyl/N-ethyl adjacent to an activating group) is 1. The average Bonchev–Trinajstić information content (AvgIpc) is 2.70. The molecule has 27 heavy (non-hydrogen) atoms. The first-order valence-corrected chi connectivity index (χ1v) is 9.34. The van der Waals surface area contributed by atoms with Crippen LogP contribution in [-0.4, -0.2) is 47.3 Å². The third kappa shape index (κ3) is 5.67. The number of ether oxygens (including phenoxy) is 1. The van der Waals surface area contributed by atoms with Crippen molar-refractivity contribution in [2.45, 2.75) is 19.4 Å². The van der Waals surface area contributed by atoms with Crippen LogP contribution in [0.5, 0.6) is 5.75 Å². The number of nitrogens with one attached hydrogen (secondary N) is 1. The largest absolute Gasteiger partial charge is 0.491 e. The highest BCUT2D eigenvalue weighted by atomic mass is 16.5. The highest BCUT2D eigenvalue weighted by Crippen LogP contribution is 2.18. The van der Waals surface area contributed by atoms with Crippen LogP contribution in [0.1, 0.15) is 12.5 Å². The number of aliphatic hydroxyl groups excluding tert-OH is 1. The van der Waals surface area contributed by atoms with Gasteiger partial charge in [-0.3, -0.25) is 4.79 Å². The van der Waals surface area contributed by atoms with Gasteiger partial charge >= 0.3 is 0 Å². The number of pyridine rings is 1. The number of nitrogens with zero attached hydrogens (tertiary/aromatic N) is 1. The van der Waals surface area contributed by atoms with Crippen molar-refractivity contribution in [3.63, 3.8) is 0 Å². The van der Waals surface area contributed by atoms with Crippen molar-refractivity contribution in [3.05, 3.63) is 76.6 Å². The van der Waals surface area contributed by atoms with E-state index < -0.39 is 6.10 Å². The monoisotopic (exact) mass is 366 g/mol. The van der Waals surface area contributed by atoms with Crippen LogP contribution >= 0.6 is 0 Å². The molecule has 1 unspecified atom stereocenters. The molecule has 0 fully saturated rings. The molecule has 3 rings (SSSR count). The molecule has 0 aliphatic rings. The Labute approximate surface area is 159 Å². The topological polar surface area (TPSA) is 65.6 Å². The number of fused-ring (bicyclic) bond motifs is 1. The van der Waals surface area contributed by atoms with Crippen LogP contribution in [0.2, 0.25) is 0 Å². The molecule has 0 aliphatic heterocycles. The van der Waals surface area contributed by atoms with Crippen molar-refractivity contribution in [2.24, 2.45) is 0 Å². The molecule has 3 aromatic rings. The molecule has 142 valence electrons. The lowest BCUT2D eigenvalue weighted by atomic mass is 10.1. The van der Waals surface area contributed by atoms with E-state index >= 15 is 0 Å². The first kappa shape index (κ1) is 19.1. The van der Waals surface area contributed by atoms with Gasteiger partial charge in [-0.2, -0.15) is 0 Å². The summed E-state index contributed by atoms with van der Waals surface area (Å²) in [5.74, 6) is 0.681. The summed E-state index contributed by atoms with van der Waals surface area (Å²) < 4.78 is 5.75. The Morgan fingerprint density at radius 1 is 1.11 bits per heavy atom. The minimum atomic E-state index is -0.563. The zero-order chi connectivity index (χ0) is 19.1. The number of H-pyrrole nitrogens is 1. The van der Waals surface area contributed by atoms with Crippen molar-refractivity contribution in [3.8, 4) is 5.75 Å². The summed E-state index contributed by atoms with van der Waals surface area (Å²) in [4.78, 5) is 16.3. The van der Waals surface area contributed by atoms with Crippen molar-refractivity contribution < 1.29 is 9.84 Å². The molecular weight excluding hydrogens is 340 g/mol. The maximum Gasteiger partial charge on any atom is 0.248 e. The van der Waals surface area contributed by atoms with E-state index in [-0.39, 0.29) is 12.2 Å². The molecule has 1 atom stereocenters. The zero-order valence-corrected chi connectivity index (χ0v) is 15.6. The van der Waals surface area contributed by atoms with Crippen molar-refractivity contribution in [2.75, 3.05) is 26.2 Å². The van der Waals surface area contributed by atoms with Crippen LogP contribution in [0.15, 0.2) is 65.5 Å². The van der Waals surface area contributed by atoms with E-state index in [0.29, 0.717) is 12.3 Å². The first-order chi connectivity index (χ1) is 13.1. The average molecular weight is 366 g/mol. The number of hydrogen-bond acceptors (Lipinski definition) is 4. The van der Waals surface area contributed by atoms with Crippen molar-refractivity contribution in [1.82, 2.24) is 9.88 Å². The Bertz CT molecular complexity index is 908. The maximum absolute atomic E-state index is 11.3. The molecule has 5 nitrogen and oxygen atoms in total. The van der Waals surface area contributed by atoms with Crippen LogP contribution in [0.4, 0.5) is 0 Å². The van der Waals surface area contributed by atoms with E-state index in [0.717, 1.165) is 30.4 Å². The number of aliphatic hydroxyl groups is 1. The number of aromatic nitrogens is 1. The molecule has 2 N–H and O–H groups in total. The summed E-state index contributed by atoms with van der Waals surface area (Å²) in [6.07, 6.45) is 0.400. The molecule has 0 saturated carbocycles. The summed E-state index contributed by atoms with van der Waals surface area (Å²) in [6.45, 7) is 4.69. The maximum atomic E-state index is 11.3. The Morgan fingerprint density at radius 2 is 1.93 bits per heavy atom. The van der Waals surface area contributed by atoms with E-state index in [4.69, 9.17) is 4.74 Å². The fourth-order valence-corrected chi connectivity index (χ4v) is 3.08. The minimum absolute atomic E-state index is 0.123. The highest BCUT2D eigenvalue weighted by molar-refractivity contribution is 5.79. The molecule has 0 bridgehead atoms. The molecule has 1 aromatic heterocycles. The SMILES string of the molecule is CCN(CCc1ccccc1)CC(O)COc1ccc2[nH]c(=O)ccc2c1. The highest BCUT2D eigenvalue weighted by Gasteiger charge is 2.11. The van der Waals surface area contributed by atoms with Crippen LogP contribution in [-0.2, 0) is 6.42 Å². The Balaban J connectivity index is 1.49. The smallest absolute Gasteiger partial charge is 0.248 e. The summed E-state index contributed by atoms with van der Waals surface area (Å²) >= 11 is 0. The molecule has 0 spiro atoms. The summed E-state index contributed by atoms with van der Waals surface area (Å²) in [7, 11) is 0. The van der Waals surface area contributed by atoms with Gasteiger partial charge in [0.1, 0.15) is 18.5 Å². The fourth-order valence-electron chi connectivity index (χ4n) is 3.08. The van der Waals surface area contributed by atoms with Gasteiger partial charge in [-0.05, 0) is 42.8 Å². The first-order valence-electron chi connectivity index (χ1n) is 9.34. The third-order valence-electron chi connectivity index (χ3n) is 4.61. The van der Waals surface area contributed by atoms with Gasteiger partial charge in [-0.15, -0.1) is 0 Å². The quantitative estimate of drug-likeness (QED) is 0.611. The molecule has 1 heterocycles. The van der Waals surface area contributed by atoms with E-state index in [2.05, 4.69) is 28.9 Å². The van der Waals surface area contributed by atoms with E-state index in [1.54, 1.807) is 12.1 Å². The second kappa shape index (κ2) is 9.35. The van der Waals surface area contributed by atoms with E-state index in [1.165, 1.54) is 11.6 Å². The van der Waals surface area contributed by atoms with Crippen LogP contribution in [0.3, 0.4) is 0 Å². The Morgan fingerprint density at radius 3 is 2.70 bits per heavy atom. The van der Waals surface area contributed by atoms with Gasteiger partial charge in [0, 0.05) is 30.1 Å². The summed E-state index contributed by atoms with van der Waals surface area (Å²) in [6, 6.07) is 19.1. The van der Waals surface area contributed by atoms with E-state index in [9.17, 15) is 9.90 Å². The van der Waals surface area contributed by atoms with Gasteiger partial charge in [-0.1, -0.05) is 37.3 Å². The van der Waals surface area contributed by atoms with Gasteiger partial charge in [0.2, 0.25) is 5.56 Å². The van der Waals surface area contributed by atoms with Crippen LogP contribution in [0.25, 0.3) is 10.9 Å². The lowest BCUT2D eigenvalue weighted by molar-refractivity contribution is 0.0703. The summed E-state index contributed by atoms with van der Waals surface area (Å²) in [5, 5.41) is 11.2. The molecule has 0 amide bonds. The number of aromatic amines is 1. The normalized spacial score (nSPS) is 12.4. The van der Waals surface area contributed by atoms with Gasteiger partial charge in [0.25, 0.3) is 0 Å². The van der Waals surface area contributed by atoms with Gasteiger partial charge in [-0.25, -0.2) is 0 Å². The van der Waals surface area contributed by atoms with Gasteiger partial charge in [0.05, 0.1) is 0 Å². The molecule has 0 saturated heterocycles. The van der Waals surface area contributed by atoms with Crippen LogP contribution < -0.4 is 10.3 Å². The fraction of sp³-hybridized carbons (Fsp3) is 0.318. The number of rotatable bonds is 9. The Hall–Kier alpha value is -2.63. The second-order valence-corrected chi connectivity index (χ2v) is 6.67. The molecule has 5 heteroatoms. The van der Waals surface area contributed by atoms with E-state index in [1.807, 2.05) is 30.3 Å². The standard InChI is InChI=1S/C22H26N2O3/c1-2-24(13-12-17-6-4-3-5-7-17)15-19(25)16-27-20-9-10-21-18(14-20)8-11-22(26)23-21/h3-11,14,19,25H,2,12-13,15-16H2,1H3,(H,23,26). The number of benzene rings is 2. The third-order valence-corrected chi connectivity index (χ3v) is 4.61. The Kier molecular flexibility index (Phi) is 6.63. The molecule has 0 aliphatic carbocycles. The zero-order valence-electron chi connectivity index (χ0n) is 15.6. The second-order valence-electron chi connectivity index (χ2n) is 6.67. The summed E-state index contributed by atoms with van der Waals surface area (Å²) in [5.41, 5.74) is 1.95. The van der Waals surface area contributed by atoms with Crippen molar-refractivity contribution in [1.29, 1.82) is 0 Å². The molecule has 2 aromatic carbocycles. The lowest BCUT2D eigenvalue weighted by Gasteiger charge is -2.23. The number of hydrogen-bond donors (Lipinski definition) is 2. The van der Waals surface area contributed by atoms with Gasteiger partial charge < -0.3 is 19.7 Å². The predicted octanol–water partition coefficient (Wildman–Crippen LogP) is 2.83. The molecular formula is C22H26N2O3. The van der Waals surface area contributed by atoms with Crippen LogP contribution in [0, 0.1) is 0 Å².